The first kappa shape index (κ1) is 17.9. The second kappa shape index (κ2) is 7.24. The lowest BCUT2D eigenvalue weighted by Gasteiger charge is -2.36. The molecular weight excluding hydrogens is 338 g/mol. The average Bonchev–Trinajstić information content (AvgIpc) is 3.15. The van der Waals surface area contributed by atoms with E-state index < -0.39 is 0 Å². The van der Waals surface area contributed by atoms with Gasteiger partial charge in [0.05, 0.1) is 10.6 Å². The van der Waals surface area contributed by atoms with E-state index in [-0.39, 0.29) is 0 Å². The molecule has 0 spiro atoms. The fourth-order valence-corrected chi connectivity index (χ4v) is 5.25. The van der Waals surface area contributed by atoms with Gasteiger partial charge in [0, 0.05) is 37.8 Å². The van der Waals surface area contributed by atoms with E-state index in [0.29, 0.717) is 5.41 Å². The van der Waals surface area contributed by atoms with Crippen molar-refractivity contribution in [3.05, 3.63) is 46.1 Å². The van der Waals surface area contributed by atoms with E-state index in [4.69, 9.17) is 4.98 Å². The van der Waals surface area contributed by atoms with Gasteiger partial charge in [-0.2, -0.15) is 0 Å². The van der Waals surface area contributed by atoms with Crippen molar-refractivity contribution in [1.29, 1.82) is 0 Å². The first-order valence-corrected chi connectivity index (χ1v) is 10.7. The number of fused-ring (bicyclic) bond motifs is 1. The van der Waals surface area contributed by atoms with Crippen molar-refractivity contribution in [3.8, 4) is 10.7 Å². The lowest BCUT2D eigenvalue weighted by molar-refractivity contribution is 0.243. The van der Waals surface area contributed by atoms with Gasteiger partial charge in [0.2, 0.25) is 0 Å². The normalized spacial score (nSPS) is 20.3. The molecule has 138 valence electrons. The van der Waals surface area contributed by atoms with Crippen LogP contribution < -0.4 is 0 Å². The number of aromatic nitrogens is 2. The molecule has 4 heteroatoms. The highest BCUT2D eigenvalue weighted by atomic mass is 32.1. The fraction of sp³-hybridized carbons (Fsp3) is 0.545. The molecule has 0 radical (unpaired) electrons. The van der Waals surface area contributed by atoms with Crippen molar-refractivity contribution in [2.45, 2.75) is 59.4 Å². The van der Waals surface area contributed by atoms with Gasteiger partial charge < -0.3 is 0 Å². The molecule has 2 aromatic rings. The van der Waals surface area contributed by atoms with E-state index in [1.54, 1.807) is 22.5 Å². The molecule has 0 unspecified atom stereocenters. The minimum absolute atomic E-state index is 0.384. The summed E-state index contributed by atoms with van der Waals surface area (Å²) in [5.41, 5.74) is 6.29. The Hall–Kier alpha value is -1.52. The summed E-state index contributed by atoms with van der Waals surface area (Å²) >= 11 is 1.71. The topological polar surface area (TPSA) is 29.0 Å². The quantitative estimate of drug-likeness (QED) is 0.670. The lowest BCUT2D eigenvalue weighted by Crippen LogP contribution is -2.33. The van der Waals surface area contributed by atoms with Gasteiger partial charge >= 0.3 is 0 Å². The average molecular weight is 368 g/mol. The summed E-state index contributed by atoms with van der Waals surface area (Å²) in [6.45, 7) is 10.5. The Balaban J connectivity index is 1.43. The highest BCUT2D eigenvalue weighted by Crippen LogP contribution is 2.41. The van der Waals surface area contributed by atoms with Crippen molar-refractivity contribution >= 4 is 11.3 Å². The summed E-state index contributed by atoms with van der Waals surface area (Å²) in [7, 11) is 0. The number of rotatable bonds is 4. The molecule has 0 amide bonds. The number of hydrogen-bond donors (Lipinski definition) is 0. The molecule has 0 N–H and O–H groups in total. The molecule has 0 atom stereocenters. The summed E-state index contributed by atoms with van der Waals surface area (Å²) in [6.07, 6.45) is 8.28. The fourth-order valence-electron chi connectivity index (χ4n) is 4.59. The Morgan fingerprint density at radius 3 is 2.92 bits per heavy atom. The zero-order valence-corrected chi connectivity index (χ0v) is 17.0. The molecule has 1 aliphatic heterocycles. The summed E-state index contributed by atoms with van der Waals surface area (Å²) in [5, 5.41) is 2.09. The van der Waals surface area contributed by atoms with Gasteiger partial charge in [0.25, 0.3) is 0 Å². The number of nitrogens with zero attached hydrogens (tertiary/aromatic N) is 3. The third-order valence-electron chi connectivity index (χ3n) is 6.12. The van der Waals surface area contributed by atoms with Crippen LogP contribution in [0.25, 0.3) is 10.7 Å². The third-order valence-corrected chi connectivity index (χ3v) is 6.98. The highest BCUT2D eigenvalue weighted by molar-refractivity contribution is 7.13. The third kappa shape index (κ3) is 3.63. The Morgan fingerprint density at radius 2 is 2.15 bits per heavy atom. The summed E-state index contributed by atoms with van der Waals surface area (Å²) in [5.74, 6) is 0.886. The van der Waals surface area contributed by atoms with Crippen molar-refractivity contribution in [1.82, 2.24) is 14.9 Å². The molecule has 0 saturated carbocycles. The van der Waals surface area contributed by atoms with Crippen LogP contribution in [-0.2, 0) is 13.0 Å². The molecular formula is C22H29N3S. The van der Waals surface area contributed by atoms with Gasteiger partial charge in [-0.05, 0) is 49.5 Å². The van der Waals surface area contributed by atoms with E-state index >= 15 is 0 Å². The molecule has 4 rings (SSSR count). The van der Waals surface area contributed by atoms with Crippen LogP contribution in [0, 0.1) is 5.41 Å². The Bertz CT molecular complexity index is 805. The Kier molecular flexibility index (Phi) is 4.98. The van der Waals surface area contributed by atoms with Crippen LogP contribution in [0.5, 0.6) is 0 Å². The molecule has 2 aromatic heterocycles. The van der Waals surface area contributed by atoms with Crippen molar-refractivity contribution in [3.63, 3.8) is 0 Å². The molecule has 0 bridgehead atoms. The lowest BCUT2D eigenvalue weighted by atomic mass is 9.71. The van der Waals surface area contributed by atoms with Gasteiger partial charge in [0.1, 0.15) is 0 Å². The second-order valence-electron chi connectivity index (χ2n) is 8.42. The number of hydrogen-bond acceptors (Lipinski definition) is 4. The van der Waals surface area contributed by atoms with E-state index in [0.717, 1.165) is 36.8 Å². The Labute approximate surface area is 161 Å². The van der Waals surface area contributed by atoms with E-state index in [1.165, 1.54) is 36.9 Å². The van der Waals surface area contributed by atoms with Gasteiger partial charge in [-0.3, -0.25) is 4.90 Å². The monoisotopic (exact) mass is 367 g/mol. The zero-order chi connectivity index (χ0) is 18.1. The molecule has 0 aromatic carbocycles. The summed E-state index contributed by atoms with van der Waals surface area (Å²) in [6, 6.07) is 4.16. The molecule has 0 saturated heterocycles. The summed E-state index contributed by atoms with van der Waals surface area (Å²) < 4.78 is 0. The van der Waals surface area contributed by atoms with Crippen LogP contribution in [-0.4, -0.2) is 28.0 Å². The number of allylic oxidation sites excluding steroid dienone is 1. The van der Waals surface area contributed by atoms with E-state index in [2.05, 4.69) is 54.4 Å². The maximum Gasteiger partial charge on any atom is 0.169 e. The number of thiophene rings is 1. The predicted octanol–water partition coefficient (Wildman–Crippen LogP) is 5.48. The van der Waals surface area contributed by atoms with Gasteiger partial charge in [-0.15, -0.1) is 11.3 Å². The van der Waals surface area contributed by atoms with Crippen LogP contribution in [0.15, 0.2) is 34.9 Å². The van der Waals surface area contributed by atoms with Crippen LogP contribution in [0.3, 0.4) is 0 Å². The molecule has 3 heterocycles. The SMILES string of the molecule is CC1=C(CCN2CCc3nc(-c4cccs4)ncc3C2)C(C)(C)CCC1. The van der Waals surface area contributed by atoms with Crippen LogP contribution in [0.1, 0.15) is 57.7 Å². The van der Waals surface area contributed by atoms with Gasteiger partial charge in [0.15, 0.2) is 5.82 Å². The van der Waals surface area contributed by atoms with Crippen molar-refractivity contribution < 1.29 is 0 Å². The molecule has 1 aliphatic carbocycles. The molecule has 26 heavy (non-hydrogen) atoms. The standard InChI is InChI=1S/C22H29N3S/c1-16-6-4-10-22(2,3)18(16)8-11-25-12-9-19-17(15-25)14-23-21(24-19)20-7-5-13-26-20/h5,7,13-14H,4,6,8-12,15H2,1-3H3. The maximum atomic E-state index is 4.84. The van der Waals surface area contributed by atoms with Crippen molar-refractivity contribution in [2.24, 2.45) is 5.41 Å². The summed E-state index contributed by atoms with van der Waals surface area (Å²) in [4.78, 5) is 13.2. The largest absolute Gasteiger partial charge is 0.298 e. The van der Waals surface area contributed by atoms with E-state index in [9.17, 15) is 0 Å². The first-order valence-electron chi connectivity index (χ1n) is 9.83. The molecule has 0 fully saturated rings. The van der Waals surface area contributed by atoms with Crippen LogP contribution in [0.2, 0.25) is 0 Å². The predicted molar refractivity (Wildman–Crippen MR) is 109 cm³/mol. The molecule has 2 aliphatic rings. The highest BCUT2D eigenvalue weighted by Gasteiger charge is 2.28. The van der Waals surface area contributed by atoms with Gasteiger partial charge in [-0.25, -0.2) is 9.97 Å². The Morgan fingerprint density at radius 1 is 1.27 bits per heavy atom. The first-order chi connectivity index (χ1) is 12.5. The van der Waals surface area contributed by atoms with Crippen LogP contribution >= 0.6 is 11.3 Å². The van der Waals surface area contributed by atoms with Gasteiger partial charge in [-0.1, -0.05) is 31.1 Å². The molecule has 3 nitrogen and oxygen atoms in total. The van der Waals surface area contributed by atoms with Crippen LogP contribution in [0.4, 0.5) is 0 Å². The second-order valence-corrected chi connectivity index (χ2v) is 9.36. The van der Waals surface area contributed by atoms with E-state index in [1.807, 2.05) is 0 Å². The minimum Gasteiger partial charge on any atom is -0.298 e. The smallest absolute Gasteiger partial charge is 0.169 e. The maximum absolute atomic E-state index is 4.84. The van der Waals surface area contributed by atoms with Crippen molar-refractivity contribution in [2.75, 3.05) is 13.1 Å². The zero-order valence-electron chi connectivity index (χ0n) is 16.2. The minimum atomic E-state index is 0.384.